The molecular formula is C10H13S. The Bertz CT molecular complexity index is 218. The Hall–Kier alpha value is -0.430. The van der Waals surface area contributed by atoms with Gasteiger partial charge in [-0.25, -0.2) is 0 Å². The maximum Gasteiger partial charge on any atom is 0.00401 e. The van der Waals surface area contributed by atoms with Crippen molar-refractivity contribution in [3.05, 3.63) is 35.4 Å². The Morgan fingerprint density at radius 1 is 1.27 bits per heavy atom. The lowest BCUT2D eigenvalue weighted by molar-refractivity contribution is 0.926. The summed E-state index contributed by atoms with van der Waals surface area (Å²) < 4.78 is 0. The summed E-state index contributed by atoms with van der Waals surface area (Å²) in [5.74, 6) is 0.869. The van der Waals surface area contributed by atoms with Crippen LogP contribution in [0.2, 0.25) is 0 Å². The fourth-order valence-corrected chi connectivity index (χ4v) is 1.30. The summed E-state index contributed by atoms with van der Waals surface area (Å²) in [6.07, 6.45) is 2.26. The molecule has 0 atom stereocenters. The van der Waals surface area contributed by atoms with Crippen LogP contribution < -0.4 is 0 Å². The van der Waals surface area contributed by atoms with E-state index in [9.17, 15) is 0 Å². The van der Waals surface area contributed by atoms with Crippen molar-refractivity contribution in [1.82, 2.24) is 0 Å². The molecule has 0 aromatic heterocycles. The summed E-state index contributed by atoms with van der Waals surface area (Å²) in [4.78, 5) is 0. The summed E-state index contributed by atoms with van der Waals surface area (Å²) in [5, 5.41) is 0. The third kappa shape index (κ3) is 2.58. The van der Waals surface area contributed by atoms with Gasteiger partial charge in [-0.3, -0.25) is 0 Å². The second-order valence-corrected chi connectivity index (χ2v) is 3.14. The zero-order valence-corrected chi connectivity index (χ0v) is 7.66. The first-order valence-corrected chi connectivity index (χ1v) is 4.55. The van der Waals surface area contributed by atoms with Gasteiger partial charge in [-0.05, 0) is 30.9 Å². The largest absolute Gasteiger partial charge is 0.0941 e. The van der Waals surface area contributed by atoms with Gasteiger partial charge < -0.3 is 0 Å². The van der Waals surface area contributed by atoms with Crippen molar-refractivity contribution < 1.29 is 0 Å². The van der Waals surface area contributed by atoms with E-state index in [-0.39, 0.29) is 0 Å². The molecular weight excluding hydrogens is 152 g/mol. The minimum atomic E-state index is 0.869. The van der Waals surface area contributed by atoms with Gasteiger partial charge in [0.1, 0.15) is 0 Å². The molecule has 11 heavy (non-hydrogen) atoms. The fourth-order valence-electron chi connectivity index (χ4n) is 1.15. The van der Waals surface area contributed by atoms with Crippen molar-refractivity contribution in [2.75, 3.05) is 5.75 Å². The van der Waals surface area contributed by atoms with E-state index in [1.165, 1.54) is 11.1 Å². The molecule has 1 aromatic carbocycles. The van der Waals surface area contributed by atoms with E-state index in [0.29, 0.717) is 0 Å². The van der Waals surface area contributed by atoms with Crippen molar-refractivity contribution in [2.24, 2.45) is 0 Å². The first-order chi connectivity index (χ1) is 5.34. The normalized spacial score (nSPS) is 10.0. The lowest BCUT2D eigenvalue weighted by atomic mass is 10.1. The number of hydrogen-bond acceptors (Lipinski definition) is 0. The Balaban J connectivity index is 2.62. The molecule has 0 bridgehead atoms. The van der Waals surface area contributed by atoms with E-state index in [4.69, 9.17) is 12.6 Å². The predicted molar refractivity (Wildman–Crippen MR) is 52.0 cm³/mol. The van der Waals surface area contributed by atoms with Gasteiger partial charge >= 0.3 is 0 Å². The van der Waals surface area contributed by atoms with Crippen LogP contribution in [-0.2, 0) is 6.42 Å². The van der Waals surface area contributed by atoms with Crippen LogP contribution in [0.4, 0.5) is 0 Å². The Morgan fingerprint density at radius 3 is 2.64 bits per heavy atom. The molecule has 0 spiro atoms. The molecule has 1 heteroatoms. The number of aryl methyl sites for hydroxylation is 2. The molecule has 1 aromatic rings. The van der Waals surface area contributed by atoms with E-state index in [0.717, 1.165) is 18.6 Å². The van der Waals surface area contributed by atoms with Gasteiger partial charge in [0.15, 0.2) is 0 Å². The molecule has 0 aliphatic heterocycles. The SMILES string of the molecule is Cc1ccccc1CCC[S]. The van der Waals surface area contributed by atoms with Gasteiger partial charge in [0.25, 0.3) is 0 Å². The van der Waals surface area contributed by atoms with Crippen LogP contribution in [0.25, 0.3) is 0 Å². The van der Waals surface area contributed by atoms with Crippen LogP contribution in [0, 0.1) is 6.92 Å². The van der Waals surface area contributed by atoms with Crippen molar-refractivity contribution in [3.8, 4) is 0 Å². The Kier molecular flexibility index (Phi) is 3.50. The third-order valence-electron chi connectivity index (χ3n) is 1.85. The lowest BCUT2D eigenvalue weighted by Crippen LogP contribution is -1.89. The molecule has 59 valence electrons. The number of hydrogen-bond donors (Lipinski definition) is 0. The van der Waals surface area contributed by atoms with Crippen molar-refractivity contribution in [2.45, 2.75) is 19.8 Å². The minimum absolute atomic E-state index is 0.869. The van der Waals surface area contributed by atoms with Crippen LogP contribution in [0.3, 0.4) is 0 Å². The molecule has 0 fully saturated rings. The van der Waals surface area contributed by atoms with E-state index in [2.05, 4.69) is 31.2 Å². The van der Waals surface area contributed by atoms with Crippen molar-refractivity contribution >= 4 is 12.6 Å². The second kappa shape index (κ2) is 4.45. The standard InChI is InChI=1S/C10H13S/c1-9-5-2-3-6-10(9)7-4-8-11/h2-3,5-6H,4,7-8H2,1H3. The zero-order valence-electron chi connectivity index (χ0n) is 6.84. The molecule has 0 amide bonds. The van der Waals surface area contributed by atoms with Crippen LogP contribution in [0.15, 0.2) is 24.3 Å². The van der Waals surface area contributed by atoms with Crippen molar-refractivity contribution in [3.63, 3.8) is 0 Å². The van der Waals surface area contributed by atoms with Crippen molar-refractivity contribution in [1.29, 1.82) is 0 Å². The van der Waals surface area contributed by atoms with Gasteiger partial charge in [-0.2, -0.15) is 0 Å². The molecule has 0 unspecified atom stereocenters. The van der Waals surface area contributed by atoms with Crippen LogP contribution in [0.1, 0.15) is 17.5 Å². The molecule has 0 saturated carbocycles. The smallest absolute Gasteiger partial charge is 0.00401 e. The van der Waals surface area contributed by atoms with Crippen LogP contribution >= 0.6 is 12.6 Å². The highest BCUT2D eigenvalue weighted by Gasteiger charge is 1.94. The quantitative estimate of drug-likeness (QED) is 0.645. The summed E-state index contributed by atoms with van der Waals surface area (Å²) in [6.45, 7) is 2.15. The minimum Gasteiger partial charge on any atom is -0.0941 e. The highest BCUT2D eigenvalue weighted by atomic mass is 32.1. The highest BCUT2D eigenvalue weighted by Crippen LogP contribution is 2.09. The predicted octanol–water partition coefficient (Wildman–Crippen LogP) is 3.13. The molecule has 0 heterocycles. The second-order valence-electron chi connectivity index (χ2n) is 2.73. The zero-order chi connectivity index (χ0) is 8.10. The molecule has 1 radical (unpaired) electrons. The first kappa shape index (κ1) is 8.66. The van der Waals surface area contributed by atoms with Gasteiger partial charge in [0, 0.05) is 5.75 Å². The van der Waals surface area contributed by atoms with E-state index < -0.39 is 0 Å². The molecule has 0 aliphatic carbocycles. The van der Waals surface area contributed by atoms with Crippen LogP contribution in [-0.4, -0.2) is 5.75 Å². The summed E-state index contributed by atoms with van der Waals surface area (Å²) in [6, 6.07) is 8.50. The van der Waals surface area contributed by atoms with Gasteiger partial charge in [-0.15, -0.1) is 0 Å². The molecule has 0 aliphatic rings. The summed E-state index contributed by atoms with van der Waals surface area (Å²) >= 11 is 4.89. The maximum absolute atomic E-state index is 4.89. The average Bonchev–Trinajstić information content (AvgIpc) is 2.03. The molecule has 0 saturated heterocycles. The van der Waals surface area contributed by atoms with Gasteiger partial charge in [0.05, 0.1) is 0 Å². The molecule has 0 N–H and O–H groups in total. The fraction of sp³-hybridized carbons (Fsp3) is 0.400. The van der Waals surface area contributed by atoms with E-state index in [1.54, 1.807) is 0 Å². The monoisotopic (exact) mass is 165 g/mol. The first-order valence-electron chi connectivity index (χ1n) is 3.97. The van der Waals surface area contributed by atoms with Gasteiger partial charge in [0.2, 0.25) is 0 Å². The highest BCUT2D eigenvalue weighted by molar-refractivity contribution is 7.80. The number of rotatable bonds is 3. The van der Waals surface area contributed by atoms with E-state index in [1.807, 2.05) is 0 Å². The van der Waals surface area contributed by atoms with E-state index >= 15 is 0 Å². The molecule has 0 nitrogen and oxygen atoms in total. The van der Waals surface area contributed by atoms with Gasteiger partial charge in [-0.1, -0.05) is 36.9 Å². The maximum atomic E-state index is 4.89. The average molecular weight is 165 g/mol. The number of benzene rings is 1. The topological polar surface area (TPSA) is 0 Å². The van der Waals surface area contributed by atoms with Crippen LogP contribution in [0.5, 0.6) is 0 Å². The third-order valence-corrected chi connectivity index (χ3v) is 2.14. The Labute approximate surface area is 74.0 Å². The Morgan fingerprint density at radius 2 is 2.00 bits per heavy atom. The molecule has 1 rings (SSSR count). The lowest BCUT2D eigenvalue weighted by Gasteiger charge is -2.02. The summed E-state index contributed by atoms with van der Waals surface area (Å²) in [5.41, 5.74) is 2.83. The summed E-state index contributed by atoms with van der Waals surface area (Å²) in [7, 11) is 0.